The van der Waals surface area contributed by atoms with Crippen molar-refractivity contribution in [1.29, 1.82) is 0 Å². The van der Waals surface area contributed by atoms with Gasteiger partial charge in [0.2, 0.25) is 10.0 Å². The number of sulfonamides is 1. The van der Waals surface area contributed by atoms with Crippen molar-refractivity contribution in [1.82, 2.24) is 4.31 Å². The highest BCUT2D eigenvalue weighted by Crippen LogP contribution is 2.24. The van der Waals surface area contributed by atoms with Crippen molar-refractivity contribution >= 4 is 10.0 Å². The van der Waals surface area contributed by atoms with Crippen LogP contribution in [0.3, 0.4) is 0 Å². The van der Waals surface area contributed by atoms with E-state index in [1.165, 1.54) is 10.4 Å². The summed E-state index contributed by atoms with van der Waals surface area (Å²) >= 11 is 0. The zero-order chi connectivity index (χ0) is 14.6. The summed E-state index contributed by atoms with van der Waals surface area (Å²) in [5.74, 6) is 1.23. The molecule has 0 aliphatic rings. The van der Waals surface area contributed by atoms with Gasteiger partial charge >= 0.3 is 0 Å². The number of furan rings is 1. The van der Waals surface area contributed by atoms with Crippen molar-refractivity contribution in [3.05, 3.63) is 17.6 Å². The Kier molecular flexibility index (Phi) is 5.58. The first-order chi connectivity index (χ1) is 8.86. The minimum Gasteiger partial charge on any atom is -0.464 e. The zero-order valence-electron chi connectivity index (χ0n) is 12.1. The smallest absolute Gasteiger partial charge is 0.246 e. The fraction of sp³-hybridized carbons (Fsp3) is 0.692. The first-order valence-electron chi connectivity index (χ1n) is 6.66. The van der Waals surface area contributed by atoms with Crippen LogP contribution < -0.4 is 5.73 Å². The van der Waals surface area contributed by atoms with Gasteiger partial charge in [0.25, 0.3) is 0 Å². The molecule has 1 unspecified atom stereocenters. The Bertz CT molecular complexity index is 508. The Balaban J connectivity index is 3.09. The molecule has 0 aliphatic carbocycles. The number of aryl methyl sites for hydroxylation is 1. The standard InChI is InChI=1S/C13H24N2O3S/c1-5-10(3)9-15(6-2)19(16,17)13-7-12(8-14)18-11(13)4/h7,10H,5-6,8-9,14H2,1-4H3. The van der Waals surface area contributed by atoms with E-state index in [1.807, 2.05) is 13.8 Å². The van der Waals surface area contributed by atoms with E-state index in [2.05, 4.69) is 6.92 Å². The molecule has 1 aromatic rings. The van der Waals surface area contributed by atoms with E-state index in [9.17, 15) is 8.42 Å². The van der Waals surface area contributed by atoms with Crippen LogP contribution in [0.1, 0.15) is 38.7 Å². The molecule has 0 bridgehead atoms. The second-order valence-electron chi connectivity index (χ2n) is 4.81. The van der Waals surface area contributed by atoms with E-state index in [0.29, 0.717) is 30.5 Å². The van der Waals surface area contributed by atoms with Crippen LogP contribution in [0, 0.1) is 12.8 Å². The minimum atomic E-state index is -3.49. The van der Waals surface area contributed by atoms with E-state index in [-0.39, 0.29) is 11.4 Å². The summed E-state index contributed by atoms with van der Waals surface area (Å²) in [5.41, 5.74) is 5.48. The molecule has 0 saturated heterocycles. The van der Waals surface area contributed by atoms with Crippen molar-refractivity contribution in [2.75, 3.05) is 13.1 Å². The van der Waals surface area contributed by atoms with E-state index < -0.39 is 10.0 Å². The summed E-state index contributed by atoms with van der Waals surface area (Å²) in [6, 6.07) is 1.53. The van der Waals surface area contributed by atoms with Gasteiger partial charge in [-0.05, 0) is 12.8 Å². The van der Waals surface area contributed by atoms with Crippen molar-refractivity contribution in [2.24, 2.45) is 11.7 Å². The van der Waals surface area contributed by atoms with Gasteiger partial charge in [-0.1, -0.05) is 27.2 Å². The molecule has 0 aliphatic heterocycles. The third-order valence-corrected chi connectivity index (χ3v) is 5.36. The Morgan fingerprint density at radius 2 is 2.05 bits per heavy atom. The maximum Gasteiger partial charge on any atom is 0.246 e. The molecule has 0 saturated carbocycles. The van der Waals surface area contributed by atoms with Crippen LogP contribution in [0.15, 0.2) is 15.4 Å². The molecule has 0 fully saturated rings. The second kappa shape index (κ2) is 6.54. The molecule has 6 heteroatoms. The number of hydrogen-bond donors (Lipinski definition) is 1. The second-order valence-corrected chi connectivity index (χ2v) is 6.71. The number of hydrogen-bond acceptors (Lipinski definition) is 4. The van der Waals surface area contributed by atoms with Gasteiger partial charge < -0.3 is 10.2 Å². The maximum absolute atomic E-state index is 12.6. The molecular weight excluding hydrogens is 264 g/mol. The topological polar surface area (TPSA) is 76.5 Å². The molecule has 0 amide bonds. The van der Waals surface area contributed by atoms with Crippen LogP contribution >= 0.6 is 0 Å². The van der Waals surface area contributed by atoms with Crippen molar-refractivity contribution in [3.63, 3.8) is 0 Å². The average molecular weight is 288 g/mol. The fourth-order valence-electron chi connectivity index (χ4n) is 1.89. The Morgan fingerprint density at radius 3 is 2.47 bits per heavy atom. The number of rotatable bonds is 7. The Morgan fingerprint density at radius 1 is 1.42 bits per heavy atom. The molecule has 1 aromatic heterocycles. The minimum absolute atomic E-state index is 0.202. The third kappa shape index (κ3) is 3.58. The fourth-order valence-corrected chi connectivity index (χ4v) is 3.65. The van der Waals surface area contributed by atoms with Crippen LogP contribution in [0.4, 0.5) is 0 Å². The molecule has 1 atom stereocenters. The van der Waals surface area contributed by atoms with Gasteiger partial charge in [0.15, 0.2) is 0 Å². The van der Waals surface area contributed by atoms with Crippen LogP contribution in [0.5, 0.6) is 0 Å². The lowest BCUT2D eigenvalue weighted by Crippen LogP contribution is -2.34. The first kappa shape index (κ1) is 16.2. The lowest BCUT2D eigenvalue weighted by Gasteiger charge is -2.23. The lowest BCUT2D eigenvalue weighted by molar-refractivity contribution is 0.360. The number of nitrogens with zero attached hydrogens (tertiary/aromatic N) is 1. The predicted octanol–water partition coefficient (Wildman–Crippen LogP) is 2.10. The van der Waals surface area contributed by atoms with Crippen LogP contribution in [-0.2, 0) is 16.6 Å². The van der Waals surface area contributed by atoms with Crippen LogP contribution in [-0.4, -0.2) is 25.8 Å². The van der Waals surface area contributed by atoms with Crippen LogP contribution in [0.25, 0.3) is 0 Å². The highest BCUT2D eigenvalue weighted by Gasteiger charge is 2.28. The largest absolute Gasteiger partial charge is 0.464 e. The van der Waals surface area contributed by atoms with Crippen molar-refractivity contribution in [3.8, 4) is 0 Å². The molecule has 0 aromatic carbocycles. The summed E-state index contributed by atoms with van der Waals surface area (Å²) in [5, 5.41) is 0. The molecule has 1 heterocycles. The van der Waals surface area contributed by atoms with Crippen molar-refractivity contribution in [2.45, 2.75) is 45.6 Å². The molecule has 0 spiro atoms. The number of nitrogens with two attached hydrogens (primary N) is 1. The first-order valence-corrected chi connectivity index (χ1v) is 8.10. The van der Waals surface area contributed by atoms with Gasteiger partial charge in [-0.25, -0.2) is 8.42 Å². The van der Waals surface area contributed by atoms with Crippen LogP contribution in [0.2, 0.25) is 0 Å². The molecular formula is C13H24N2O3S. The predicted molar refractivity (Wildman–Crippen MR) is 75.2 cm³/mol. The van der Waals surface area contributed by atoms with E-state index in [0.717, 1.165) is 6.42 Å². The van der Waals surface area contributed by atoms with Crippen molar-refractivity contribution < 1.29 is 12.8 Å². The molecule has 5 nitrogen and oxygen atoms in total. The van der Waals surface area contributed by atoms with Gasteiger partial charge in [-0.15, -0.1) is 0 Å². The van der Waals surface area contributed by atoms with E-state index >= 15 is 0 Å². The summed E-state index contributed by atoms with van der Waals surface area (Å²) < 4.78 is 32.0. The maximum atomic E-state index is 12.6. The highest BCUT2D eigenvalue weighted by atomic mass is 32.2. The molecule has 110 valence electrons. The quantitative estimate of drug-likeness (QED) is 0.833. The Hall–Kier alpha value is -0.850. The monoisotopic (exact) mass is 288 g/mol. The lowest BCUT2D eigenvalue weighted by atomic mass is 10.1. The van der Waals surface area contributed by atoms with Gasteiger partial charge in [-0.2, -0.15) is 4.31 Å². The summed E-state index contributed by atoms with van der Waals surface area (Å²) in [6.07, 6.45) is 0.949. The molecule has 19 heavy (non-hydrogen) atoms. The molecule has 1 rings (SSSR count). The third-order valence-electron chi connectivity index (χ3n) is 3.31. The SMILES string of the molecule is CCC(C)CN(CC)S(=O)(=O)c1cc(CN)oc1C. The summed E-state index contributed by atoms with van der Waals surface area (Å²) in [7, 11) is -3.49. The summed E-state index contributed by atoms with van der Waals surface area (Å²) in [6.45, 7) is 8.79. The van der Waals surface area contributed by atoms with Gasteiger partial charge in [0, 0.05) is 19.2 Å². The summed E-state index contributed by atoms with van der Waals surface area (Å²) in [4.78, 5) is 0.234. The Labute approximate surface area is 115 Å². The normalized spacial score (nSPS) is 14.0. The van der Waals surface area contributed by atoms with Gasteiger partial charge in [0.05, 0.1) is 6.54 Å². The highest BCUT2D eigenvalue weighted by molar-refractivity contribution is 7.89. The van der Waals surface area contributed by atoms with Gasteiger partial charge in [0.1, 0.15) is 16.4 Å². The average Bonchev–Trinajstić information content (AvgIpc) is 2.77. The molecule has 0 radical (unpaired) electrons. The zero-order valence-corrected chi connectivity index (χ0v) is 13.0. The van der Waals surface area contributed by atoms with E-state index in [4.69, 9.17) is 10.2 Å². The van der Waals surface area contributed by atoms with Gasteiger partial charge in [-0.3, -0.25) is 0 Å². The molecule has 2 N–H and O–H groups in total. The van der Waals surface area contributed by atoms with E-state index in [1.54, 1.807) is 6.92 Å².